The molecule has 0 bridgehead atoms. The van der Waals surface area contributed by atoms with Crippen LogP contribution in [0.15, 0.2) is 36.4 Å². The Kier molecular flexibility index (Phi) is 10.0. The Morgan fingerprint density at radius 3 is 1.38 bits per heavy atom. The Morgan fingerprint density at radius 1 is 0.667 bits per heavy atom. The number of hydrogen-bond acceptors (Lipinski definition) is 8. The minimum atomic E-state index is -0.983. The van der Waals surface area contributed by atoms with Gasteiger partial charge in [0, 0.05) is 22.2 Å². The highest BCUT2D eigenvalue weighted by molar-refractivity contribution is 7.21. The number of ketones is 2. The molecular weight excluding hydrogens is 576 g/mol. The van der Waals surface area contributed by atoms with Crippen molar-refractivity contribution in [3.63, 3.8) is 0 Å². The normalized spacial score (nSPS) is 12.8. The third kappa shape index (κ3) is 7.17. The summed E-state index contributed by atoms with van der Waals surface area (Å²) < 4.78 is 13.1. The average Bonchev–Trinajstić information content (AvgIpc) is 3.57. The second kappa shape index (κ2) is 13.5. The topological polar surface area (TPSA) is 127 Å². The molecule has 42 heavy (non-hydrogen) atoms. The number of methoxy groups -OCH3 is 2. The number of carbonyl (C=O) groups is 4. The van der Waals surface area contributed by atoms with Crippen molar-refractivity contribution in [2.45, 2.75) is 52.4 Å². The number of Topliss-reactive ketones (excluding diaryl/α,β-unsaturated/α-hetero) is 2. The van der Waals surface area contributed by atoms with Crippen LogP contribution in [0.25, 0.3) is 20.2 Å². The molecule has 2 aromatic carbocycles. The molecule has 0 fully saturated rings. The van der Waals surface area contributed by atoms with E-state index in [2.05, 4.69) is 0 Å². The number of carbonyl (C=O) groups excluding carboxylic acids is 2. The number of hydrogen-bond donors (Lipinski definition) is 2. The lowest BCUT2D eigenvalue weighted by Crippen LogP contribution is -2.13. The molecule has 0 saturated carbocycles. The van der Waals surface area contributed by atoms with Crippen molar-refractivity contribution in [2.24, 2.45) is 11.8 Å². The van der Waals surface area contributed by atoms with Gasteiger partial charge in [0.15, 0.2) is 11.6 Å². The van der Waals surface area contributed by atoms with Gasteiger partial charge in [-0.25, -0.2) is 0 Å². The first-order valence-electron chi connectivity index (χ1n) is 13.7. The SMILES string of the molecule is COc1cc2sc(C(=O)CC(C)C(=O)O)cc2cc1CCCCc1cc2cc(C(=O)CC(C)C(=O)O)sc2cc1OC. The summed E-state index contributed by atoms with van der Waals surface area (Å²) in [7, 11) is 3.25. The first-order valence-corrected chi connectivity index (χ1v) is 15.4. The Morgan fingerprint density at radius 2 is 1.05 bits per heavy atom. The number of thiophene rings is 2. The van der Waals surface area contributed by atoms with E-state index in [1.54, 1.807) is 14.2 Å². The number of carboxylic acids is 2. The Hall–Kier alpha value is -3.76. The van der Waals surface area contributed by atoms with E-state index in [1.165, 1.54) is 36.5 Å². The number of fused-ring (bicyclic) bond motifs is 2. The third-order valence-corrected chi connectivity index (χ3v) is 9.63. The first-order chi connectivity index (χ1) is 20.0. The second-order valence-corrected chi connectivity index (χ2v) is 12.7. The van der Waals surface area contributed by atoms with Crippen LogP contribution in [-0.2, 0) is 22.4 Å². The maximum absolute atomic E-state index is 12.6. The zero-order chi connectivity index (χ0) is 30.6. The number of rotatable bonds is 15. The van der Waals surface area contributed by atoms with Gasteiger partial charge < -0.3 is 19.7 Å². The number of ether oxygens (including phenoxy) is 2. The highest BCUT2D eigenvalue weighted by Gasteiger charge is 2.21. The number of carboxylic acid groups (broad SMARTS) is 2. The molecule has 0 amide bonds. The van der Waals surface area contributed by atoms with Crippen LogP contribution >= 0.6 is 22.7 Å². The van der Waals surface area contributed by atoms with Crippen LogP contribution in [-0.4, -0.2) is 47.9 Å². The number of benzene rings is 2. The van der Waals surface area contributed by atoms with E-state index in [9.17, 15) is 19.2 Å². The number of aliphatic carboxylic acids is 2. The molecule has 2 aromatic heterocycles. The van der Waals surface area contributed by atoms with Gasteiger partial charge in [0.05, 0.1) is 35.8 Å². The Labute approximate surface area is 251 Å². The maximum Gasteiger partial charge on any atom is 0.306 e. The van der Waals surface area contributed by atoms with Gasteiger partial charge in [-0.05, 0) is 84.0 Å². The summed E-state index contributed by atoms with van der Waals surface area (Å²) in [6.07, 6.45) is 3.25. The van der Waals surface area contributed by atoms with Crippen molar-refractivity contribution < 1.29 is 38.9 Å². The second-order valence-electron chi connectivity index (χ2n) is 10.6. The van der Waals surface area contributed by atoms with Crippen molar-refractivity contribution in [3.05, 3.63) is 57.3 Å². The lowest BCUT2D eigenvalue weighted by atomic mass is 10.00. The lowest BCUT2D eigenvalue weighted by Gasteiger charge is -2.11. The summed E-state index contributed by atoms with van der Waals surface area (Å²) in [4.78, 5) is 48.6. The van der Waals surface area contributed by atoms with Crippen LogP contribution < -0.4 is 9.47 Å². The molecule has 4 aromatic rings. The molecule has 0 radical (unpaired) electrons. The van der Waals surface area contributed by atoms with E-state index in [4.69, 9.17) is 19.7 Å². The van der Waals surface area contributed by atoms with Crippen LogP contribution in [0.3, 0.4) is 0 Å². The zero-order valence-corrected chi connectivity index (χ0v) is 25.7. The molecule has 2 atom stereocenters. The largest absolute Gasteiger partial charge is 0.496 e. The standard InChI is InChI=1S/C32H34O8S2/c1-17(31(35)36)9-23(33)29-13-21-11-19(25(39-3)15-27(21)41-29)7-5-6-8-20-12-22-14-30(24(34)10-18(2)32(37)38)42-28(22)16-26(20)40-4/h11-18H,5-10H2,1-4H3,(H,35,36)(H,37,38). The predicted octanol–water partition coefficient (Wildman–Crippen LogP) is 7.29. The third-order valence-electron chi connectivity index (χ3n) is 7.36. The van der Waals surface area contributed by atoms with Crippen molar-refractivity contribution >= 4 is 66.4 Å². The van der Waals surface area contributed by atoms with Gasteiger partial charge >= 0.3 is 11.9 Å². The molecule has 0 aliphatic carbocycles. The number of aryl methyl sites for hydroxylation is 2. The molecule has 0 saturated heterocycles. The fourth-order valence-corrected chi connectivity index (χ4v) is 6.88. The highest BCUT2D eigenvalue weighted by atomic mass is 32.1. The predicted molar refractivity (Wildman–Crippen MR) is 165 cm³/mol. The van der Waals surface area contributed by atoms with E-state index in [0.29, 0.717) is 9.75 Å². The van der Waals surface area contributed by atoms with Gasteiger partial charge in [-0.15, -0.1) is 22.7 Å². The Balaban J connectivity index is 1.43. The molecule has 8 nitrogen and oxygen atoms in total. The first kappa shape index (κ1) is 31.2. The van der Waals surface area contributed by atoms with E-state index in [-0.39, 0.29) is 24.4 Å². The lowest BCUT2D eigenvalue weighted by molar-refractivity contribution is -0.141. The highest BCUT2D eigenvalue weighted by Crippen LogP contribution is 2.36. The van der Waals surface area contributed by atoms with Gasteiger partial charge in [0.2, 0.25) is 0 Å². The summed E-state index contributed by atoms with van der Waals surface area (Å²) in [6.45, 7) is 3.07. The quantitative estimate of drug-likeness (QED) is 0.106. The van der Waals surface area contributed by atoms with Gasteiger partial charge in [0.1, 0.15) is 11.5 Å². The Bertz CT molecular complexity index is 1530. The van der Waals surface area contributed by atoms with Crippen molar-refractivity contribution in [2.75, 3.05) is 14.2 Å². The molecule has 10 heteroatoms. The van der Waals surface area contributed by atoms with E-state index in [1.807, 2.05) is 36.4 Å². The van der Waals surface area contributed by atoms with Crippen molar-refractivity contribution in [1.82, 2.24) is 0 Å². The zero-order valence-electron chi connectivity index (χ0n) is 24.0. The van der Waals surface area contributed by atoms with Crippen molar-refractivity contribution in [1.29, 1.82) is 0 Å². The molecular formula is C32H34O8S2. The molecule has 4 rings (SSSR count). The molecule has 2 unspecified atom stereocenters. The summed E-state index contributed by atoms with van der Waals surface area (Å²) in [5.74, 6) is -2.26. The fraction of sp³-hybridized carbons (Fsp3) is 0.375. The van der Waals surface area contributed by atoms with Crippen LogP contribution in [0.1, 0.15) is 70.0 Å². The van der Waals surface area contributed by atoms with Crippen LogP contribution in [0.4, 0.5) is 0 Å². The smallest absolute Gasteiger partial charge is 0.306 e. The van der Waals surface area contributed by atoms with Crippen molar-refractivity contribution in [3.8, 4) is 11.5 Å². The minimum absolute atomic E-state index is 0.0334. The fourth-order valence-electron chi connectivity index (χ4n) is 4.84. The summed E-state index contributed by atoms with van der Waals surface area (Å²) in [5.41, 5.74) is 2.08. The number of unbranched alkanes of at least 4 members (excludes halogenated alkanes) is 1. The molecule has 222 valence electrons. The average molecular weight is 611 g/mol. The summed E-state index contributed by atoms with van der Waals surface area (Å²) >= 11 is 2.71. The van der Waals surface area contributed by atoms with E-state index >= 15 is 0 Å². The minimum Gasteiger partial charge on any atom is -0.496 e. The molecule has 0 aliphatic heterocycles. The van der Waals surface area contributed by atoms with Crippen LogP contribution in [0.2, 0.25) is 0 Å². The van der Waals surface area contributed by atoms with Gasteiger partial charge in [-0.1, -0.05) is 13.8 Å². The van der Waals surface area contributed by atoms with E-state index in [0.717, 1.165) is 68.5 Å². The maximum atomic E-state index is 12.6. The van der Waals surface area contributed by atoms with Crippen LogP contribution in [0.5, 0.6) is 11.5 Å². The summed E-state index contributed by atoms with van der Waals surface area (Å²) in [5, 5.41) is 20.1. The van der Waals surface area contributed by atoms with Gasteiger partial charge in [-0.3, -0.25) is 19.2 Å². The molecule has 2 heterocycles. The molecule has 0 spiro atoms. The van der Waals surface area contributed by atoms with Gasteiger partial charge in [0.25, 0.3) is 0 Å². The monoisotopic (exact) mass is 610 g/mol. The molecule has 0 aliphatic rings. The summed E-state index contributed by atoms with van der Waals surface area (Å²) in [6, 6.07) is 11.6. The van der Waals surface area contributed by atoms with Crippen LogP contribution in [0, 0.1) is 11.8 Å². The molecule has 2 N–H and O–H groups in total. The van der Waals surface area contributed by atoms with E-state index < -0.39 is 23.8 Å². The van der Waals surface area contributed by atoms with Gasteiger partial charge in [-0.2, -0.15) is 0 Å².